The van der Waals surface area contributed by atoms with Crippen molar-refractivity contribution in [2.75, 3.05) is 5.32 Å². The van der Waals surface area contributed by atoms with Gasteiger partial charge >= 0.3 is 0 Å². The van der Waals surface area contributed by atoms with Gasteiger partial charge in [0.25, 0.3) is 0 Å². The molecule has 2 unspecified atom stereocenters. The second-order valence-corrected chi connectivity index (χ2v) is 5.68. The quantitative estimate of drug-likeness (QED) is 0.597. The molecule has 23 heavy (non-hydrogen) atoms. The molecule has 116 valence electrons. The summed E-state index contributed by atoms with van der Waals surface area (Å²) in [5.41, 5.74) is 9.09. The molecule has 3 heterocycles. The molecule has 1 saturated heterocycles. The van der Waals surface area contributed by atoms with E-state index in [-0.39, 0.29) is 18.0 Å². The number of nitrogens with zero attached hydrogens (tertiary/aromatic N) is 1. The van der Waals surface area contributed by atoms with Gasteiger partial charge in [-0.3, -0.25) is 9.78 Å². The lowest BCUT2D eigenvalue weighted by Crippen LogP contribution is -2.39. The van der Waals surface area contributed by atoms with Crippen LogP contribution in [0.2, 0.25) is 0 Å². The molecule has 0 spiro atoms. The first-order chi connectivity index (χ1) is 11.3. The fourth-order valence-electron chi connectivity index (χ4n) is 2.88. The first-order valence-electron chi connectivity index (χ1n) is 7.58. The third-order valence-corrected chi connectivity index (χ3v) is 4.13. The van der Waals surface area contributed by atoms with Gasteiger partial charge in [-0.25, -0.2) is 10.9 Å². The fraction of sp³-hybridized carbons (Fsp3) is 0.176. The maximum absolute atomic E-state index is 12.4. The van der Waals surface area contributed by atoms with Crippen LogP contribution in [0.15, 0.2) is 55.0 Å². The van der Waals surface area contributed by atoms with Gasteiger partial charge in [0.1, 0.15) is 6.04 Å². The van der Waals surface area contributed by atoms with Gasteiger partial charge in [-0.15, -0.1) is 0 Å². The maximum Gasteiger partial charge on any atom is 0.242 e. The smallest absolute Gasteiger partial charge is 0.242 e. The molecule has 1 fully saturated rings. The highest BCUT2D eigenvalue weighted by Gasteiger charge is 2.30. The molecular formula is C17H17N5O. The van der Waals surface area contributed by atoms with Crippen molar-refractivity contribution in [2.45, 2.75) is 18.5 Å². The lowest BCUT2D eigenvalue weighted by atomic mass is 10.0. The standard InChI is InChI=1S/C17H17N5O/c23-17(20-13-4-3-11-5-7-19-14(11)8-13)16-9-15(21-22-16)12-2-1-6-18-10-12/h1-8,10,15-16,19,21-22H,9H2,(H,20,23). The van der Waals surface area contributed by atoms with Crippen LogP contribution in [0.3, 0.4) is 0 Å². The Labute approximate surface area is 133 Å². The molecule has 4 N–H and O–H groups in total. The van der Waals surface area contributed by atoms with Crippen molar-refractivity contribution in [1.29, 1.82) is 0 Å². The Morgan fingerprint density at radius 2 is 2.17 bits per heavy atom. The van der Waals surface area contributed by atoms with E-state index in [1.54, 1.807) is 6.20 Å². The number of pyridine rings is 1. The predicted molar refractivity (Wildman–Crippen MR) is 88.6 cm³/mol. The number of nitrogens with one attached hydrogen (secondary N) is 4. The first kappa shape index (κ1) is 13.9. The Bertz CT molecular complexity index is 829. The number of H-pyrrole nitrogens is 1. The first-order valence-corrected chi connectivity index (χ1v) is 7.58. The van der Waals surface area contributed by atoms with Gasteiger partial charge in [-0.2, -0.15) is 0 Å². The van der Waals surface area contributed by atoms with E-state index < -0.39 is 0 Å². The van der Waals surface area contributed by atoms with Crippen LogP contribution in [0.1, 0.15) is 18.0 Å². The predicted octanol–water partition coefficient (Wildman–Crippen LogP) is 2.11. The average molecular weight is 307 g/mol. The fourth-order valence-corrected chi connectivity index (χ4v) is 2.88. The van der Waals surface area contributed by atoms with E-state index in [2.05, 4.69) is 26.1 Å². The number of fused-ring (bicyclic) bond motifs is 1. The second kappa shape index (κ2) is 5.83. The van der Waals surface area contributed by atoms with E-state index in [1.165, 1.54) is 0 Å². The average Bonchev–Trinajstić information content (AvgIpc) is 3.24. The van der Waals surface area contributed by atoms with Crippen LogP contribution >= 0.6 is 0 Å². The molecule has 0 radical (unpaired) electrons. The lowest BCUT2D eigenvalue weighted by molar-refractivity contribution is -0.117. The topological polar surface area (TPSA) is 81.8 Å². The van der Waals surface area contributed by atoms with Gasteiger partial charge in [0.05, 0.1) is 0 Å². The van der Waals surface area contributed by atoms with Crippen molar-refractivity contribution >= 4 is 22.5 Å². The number of carbonyl (C=O) groups excluding carboxylic acids is 1. The van der Waals surface area contributed by atoms with Crippen molar-refractivity contribution in [1.82, 2.24) is 20.8 Å². The van der Waals surface area contributed by atoms with Gasteiger partial charge in [0.2, 0.25) is 5.91 Å². The molecule has 6 heteroatoms. The zero-order chi connectivity index (χ0) is 15.6. The van der Waals surface area contributed by atoms with E-state index in [9.17, 15) is 4.79 Å². The minimum atomic E-state index is -0.278. The summed E-state index contributed by atoms with van der Waals surface area (Å²) in [4.78, 5) is 19.7. The SMILES string of the molecule is O=C(Nc1ccc2cc[nH]c2c1)C1CC(c2cccnc2)NN1. The molecule has 3 aromatic rings. The summed E-state index contributed by atoms with van der Waals surface area (Å²) in [5.74, 6) is -0.0465. The van der Waals surface area contributed by atoms with Crippen LogP contribution in [-0.2, 0) is 4.79 Å². The van der Waals surface area contributed by atoms with E-state index >= 15 is 0 Å². The summed E-state index contributed by atoms with van der Waals surface area (Å²) in [6, 6.07) is 11.6. The highest BCUT2D eigenvalue weighted by Crippen LogP contribution is 2.23. The van der Waals surface area contributed by atoms with Crippen molar-refractivity contribution in [3.8, 4) is 0 Å². The highest BCUT2D eigenvalue weighted by molar-refractivity contribution is 5.97. The van der Waals surface area contributed by atoms with Gasteiger partial charge in [-0.1, -0.05) is 12.1 Å². The summed E-state index contributed by atoms with van der Waals surface area (Å²) in [7, 11) is 0. The van der Waals surface area contributed by atoms with E-state index in [0.29, 0.717) is 6.42 Å². The number of rotatable bonds is 3. The Morgan fingerprint density at radius 1 is 1.22 bits per heavy atom. The van der Waals surface area contributed by atoms with Gasteiger partial charge in [-0.05, 0) is 41.6 Å². The second-order valence-electron chi connectivity index (χ2n) is 5.68. The van der Waals surface area contributed by atoms with Crippen LogP contribution in [0, 0.1) is 0 Å². The zero-order valence-corrected chi connectivity index (χ0v) is 12.4. The van der Waals surface area contributed by atoms with Crippen molar-refractivity contribution < 1.29 is 4.79 Å². The highest BCUT2D eigenvalue weighted by atomic mass is 16.2. The Kier molecular flexibility index (Phi) is 3.53. The van der Waals surface area contributed by atoms with Crippen LogP contribution in [0.5, 0.6) is 0 Å². The summed E-state index contributed by atoms with van der Waals surface area (Å²) in [6.07, 6.45) is 6.13. The number of amides is 1. The third-order valence-electron chi connectivity index (χ3n) is 4.13. The van der Waals surface area contributed by atoms with E-state index in [0.717, 1.165) is 22.2 Å². The molecule has 0 saturated carbocycles. The number of hydrazine groups is 1. The summed E-state index contributed by atoms with van der Waals surface area (Å²) >= 11 is 0. The molecule has 4 rings (SSSR count). The number of carbonyl (C=O) groups is 1. The molecule has 2 atom stereocenters. The maximum atomic E-state index is 12.4. The Balaban J connectivity index is 1.43. The normalized spacial score (nSPS) is 20.7. The minimum absolute atomic E-state index is 0.0465. The number of benzene rings is 1. The minimum Gasteiger partial charge on any atom is -0.361 e. The van der Waals surface area contributed by atoms with Crippen molar-refractivity contribution in [2.24, 2.45) is 0 Å². The molecule has 1 amide bonds. The Morgan fingerprint density at radius 3 is 3.04 bits per heavy atom. The number of hydrogen-bond donors (Lipinski definition) is 4. The van der Waals surface area contributed by atoms with E-state index in [1.807, 2.05) is 48.8 Å². The summed E-state index contributed by atoms with van der Waals surface area (Å²) in [6.45, 7) is 0. The van der Waals surface area contributed by atoms with Gasteiger partial charge < -0.3 is 10.3 Å². The molecule has 0 aliphatic carbocycles. The zero-order valence-electron chi connectivity index (χ0n) is 12.4. The number of aromatic nitrogens is 2. The lowest BCUT2D eigenvalue weighted by Gasteiger charge is -2.11. The van der Waals surface area contributed by atoms with E-state index in [4.69, 9.17) is 0 Å². The van der Waals surface area contributed by atoms with Crippen LogP contribution in [0.25, 0.3) is 10.9 Å². The molecule has 1 aliphatic heterocycles. The number of aromatic amines is 1. The van der Waals surface area contributed by atoms with Gasteiger partial charge in [0, 0.05) is 35.8 Å². The Hall–Kier alpha value is -2.70. The number of hydrogen-bond acceptors (Lipinski definition) is 4. The third kappa shape index (κ3) is 2.81. The number of anilines is 1. The van der Waals surface area contributed by atoms with Crippen LogP contribution < -0.4 is 16.2 Å². The molecule has 2 aromatic heterocycles. The largest absolute Gasteiger partial charge is 0.361 e. The van der Waals surface area contributed by atoms with Crippen molar-refractivity contribution in [3.05, 3.63) is 60.6 Å². The van der Waals surface area contributed by atoms with Crippen LogP contribution in [-0.4, -0.2) is 21.9 Å². The summed E-state index contributed by atoms with van der Waals surface area (Å²) in [5, 5.41) is 4.09. The van der Waals surface area contributed by atoms with Crippen LogP contribution in [0.4, 0.5) is 5.69 Å². The monoisotopic (exact) mass is 307 g/mol. The molecule has 6 nitrogen and oxygen atoms in total. The van der Waals surface area contributed by atoms with Gasteiger partial charge in [0.15, 0.2) is 0 Å². The molecule has 1 aromatic carbocycles. The van der Waals surface area contributed by atoms with Crippen molar-refractivity contribution in [3.63, 3.8) is 0 Å². The molecule has 0 bridgehead atoms. The summed E-state index contributed by atoms with van der Waals surface area (Å²) < 4.78 is 0. The molecule has 1 aliphatic rings. The molecular weight excluding hydrogens is 290 g/mol.